The van der Waals surface area contributed by atoms with Crippen molar-refractivity contribution in [3.8, 4) is 0 Å². The maximum Gasteiger partial charge on any atom is 0.338 e. The molecule has 0 saturated heterocycles. The zero-order valence-corrected chi connectivity index (χ0v) is 26.4. The summed E-state index contributed by atoms with van der Waals surface area (Å²) in [7, 11) is 1.37. The van der Waals surface area contributed by atoms with Crippen molar-refractivity contribution in [2.75, 3.05) is 7.11 Å². The van der Waals surface area contributed by atoms with Crippen LogP contribution in [0.15, 0.2) is 60.7 Å². The van der Waals surface area contributed by atoms with Gasteiger partial charge in [0, 0.05) is 43.2 Å². The SMILES string of the molecule is CCCCCC(OC(C)=O)c1ccc(C2C(OC(=O)c3ccc([N+](=O)[O-])cc3)CC(Cl)C2C/C=C\CCCC(=O)OC)cc1. The summed E-state index contributed by atoms with van der Waals surface area (Å²) in [4.78, 5) is 46.8. The lowest BCUT2D eigenvalue weighted by molar-refractivity contribution is -0.384. The van der Waals surface area contributed by atoms with Gasteiger partial charge >= 0.3 is 17.9 Å². The molecule has 0 N–H and O–H groups in total. The average molecular weight is 628 g/mol. The van der Waals surface area contributed by atoms with Gasteiger partial charge in [0.2, 0.25) is 0 Å². The van der Waals surface area contributed by atoms with E-state index in [0.717, 1.165) is 43.2 Å². The topological polar surface area (TPSA) is 122 Å². The van der Waals surface area contributed by atoms with Crippen molar-refractivity contribution in [1.29, 1.82) is 0 Å². The van der Waals surface area contributed by atoms with Crippen molar-refractivity contribution >= 4 is 35.2 Å². The molecular formula is C34H42ClNO8. The number of ether oxygens (including phenoxy) is 3. The van der Waals surface area contributed by atoms with Gasteiger partial charge in [0.05, 0.1) is 17.6 Å². The molecule has 2 aromatic rings. The van der Waals surface area contributed by atoms with Gasteiger partial charge in [-0.2, -0.15) is 0 Å². The molecule has 0 spiro atoms. The Hall–Kier alpha value is -3.72. The lowest BCUT2D eigenvalue weighted by atomic mass is 9.84. The normalized spacial score (nSPS) is 20.3. The Morgan fingerprint density at radius 3 is 2.36 bits per heavy atom. The van der Waals surface area contributed by atoms with E-state index in [0.29, 0.717) is 25.7 Å². The molecule has 0 aliphatic heterocycles. The number of methoxy groups -OCH3 is 1. The number of nitrogens with zero attached hydrogens (tertiary/aromatic N) is 1. The number of non-ortho nitro benzene ring substituents is 1. The van der Waals surface area contributed by atoms with E-state index >= 15 is 0 Å². The maximum absolute atomic E-state index is 13.1. The Kier molecular flexibility index (Phi) is 13.9. The van der Waals surface area contributed by atoms with Crippen LogP contribution in [0.1, 0.15) is 105 Å². The molecule has 44 heavy (non-hydrogen) atoms. The van der Waals surface area contributed by atoms with E-state index in [9.17, 15) is 24.5 Å². The lowest BCUT2D eigenvalue weighted by Crippen LogP contribution is -2.24. The Labute approximate surface area is 264 Å². The summed E-state index contributed by atoms with van der Waals surface area (Å²) in [6.45, 7) is 3.54. The fourth-order valence-electron chi connectivity index (χ4n) is 5.69. The maximum atomic E-state index is 13.1. The third kappa shape index (κ3) is 10.2. The molecule has 0 radical (unpaired) electrons. The first-order chi connectivity index (χ1) is 21.1. The van der Waals surface area contributed by atoms with Crippen LogP contribution < -0.4 is 0 Å². The number of nitro benzene ring substituents is 1. The van der Waals surface area contributed by atoms with Gasteiger partial charge in [-0.25, -0.2) is 4.79 Å². The van der Waals surface area contributed by atoms with Crippen LogP contribution in [0, 0.1) is 16.0 Å². The smallest absolute Gasteiger partial charge is 0.338 e. The number of rotatable bonds is 16. The van der Waals surface area contributed by atoms with Gasteiger partial charge in [-0.3, -0.25) is 19.7 Å². The van der Waals surface area contributed by atoms with E-state index in [1.54, 1.807) is 0 Å². The van der Waals surface area contributed by atoms with E-state index in [2.05, 4.69) is 13.0 Å². The van der Waals surface area contributed by atoms with Crippen molar-refractivity contribution in [2.24, 2.45) is 5.92 Å². The van der Waals surface area contributed by atoms with Crippen molar-refractivity contribution in [2.45, 2.75) is 95.1 Å². The molecule has 10 heteroatoms. The fourth-order valence-corrected chi connectivity index (χ4v) is 6.13. The minimum atomic E-state index is -0.569. The van der Waals surface area contributed by atoms with Gasteiger partial charge in [-0.05, 0) is 61.3 Å². The van der Waals surface area contributed by atoms with E-state index in [1.165, 1.54) is 38.3 Å². The fraction of sp³-hybridized carbons (Fsp3) is 0.500. The highest BCUT2D eigenvalue weighted by molar-refractivity contribution is 6.21. The van der Waals surface area contributed by atoms with E-state index in [-0.39, 0.29) is 46.5 Å². The van der Waals surface area contributed by atoms with Crippen LogP contribution in [0.4, 0.5) is 5.69 Å². The highest BCUT2D eigenvalue weighted by atomic mass is 35.5. The van der Waals surface area contributed by atoms with E-state index < -0.39 is 17.0 Å². The van der Waals surface area contributed by atoms with Gasteiger partial charge in [0.1, 0.15) is 12.2 Å². The number of allylic oxidation sites excluding steroid dienone is 2. The summed E-state index contributed by atoms with van der Waals surface area (Å²) in [6.07, 6.45) is 9.88. The summed E-state index contributed by atoms with van der Waals surface area (Å²) >= 11 is 6.89. The zero-order valence-electron chi connectivity index (χ0n) is 25.6. The number of hydrogen-bond donors (Lipinski definition) is 0. The number of carbonyl (C=O) groups excluding carboxylic acids is 3. The van der Waals surface area contributed by atoms with Crippen molar-refractivity contribution in [3.05, 3.63) is 87.5 Å². The van der Waals surface area contributed by atoms with E-state index in [4.69, 9.17) is 25.8 Å². The van der Waals surface area contributed by atoms with Crippen LogP contribution in [0.3, 0.4) is 0 Å². The number of nitro groups is 1. The minimum absolute atomic E-state index is 0.0390. The van der Waals surface area contributed by atoms with Crippen LogP contribution in [0.5, 0.6) is 0 Å². The Morgan fingerprint density at radius 2 is 1.75 bits per heavy atom. The molecule has 0 heterocycles. The molecule has 3 rings (SSSR count). The molecule has 2 aromatic carbocycles. The number of esters is 3. The number of alkyl halides is 1. The van der Waals surface area contributed by atoms with Crippen LogP contribution in [-0.2, 0) is 23.8 Å². The highest BCUT2D eigenvalue weighted by Gasteiger charge is 2.45. The van der Waals surface area contributed by atoms with Crippen LogP contribution >= 0.6 is 11.6 Å². The number of unbranched alkanes of at least 4 members (excludes halogenated alkanes) is 3. The van der Waals surface area contributed by atoms with Crippen molar-refractivity contribution in [1.82, 2.24) is 0 Å². The zero-order chi connectivity index (χ0) is 32.1. The molecule has 1 fully saturated rings. The predicted octanol–water partition coefficient (Wildman–Crippen LogP) is 8.01. The van der Waals surface area contributed by atoms with Gasteiger partial charge in [0.25, 0.3) is 5.69 Å². The number of hydrogen-bond acceptors (Lipinski definition) is 8. The number of halogens is 1. The summed E-state index contributed by atoms with van der Waals surface area (Å²) in [5.74, 6) is -1.38. The highest BCUT2D eigenvalue weighted by Crippen LogP contribution is 2.46. The van der Waals surface area contributed by atoms with E-state index in [1.807, 2.05) is 30.3 Å². The first-order valence-corrected chi connectivity index (χ1v) is 15.7. The summed E-state index contributed by atoms with van der Waals surface area (Å²) in [6, 6.07) is 13.2. The largest absolute Gasteiger partial charge is 0.469 e. The molecule has 0 bridgehead atoms. The van der Waals surface area contributed by atoms with Gasteiger partial charge in [-0.1, -0.05) is 56.2 Å². The first-order valence-electron chi connectivity index (χ1n) is 15.2. The molecular weight excluding hydrogens is 586 g/mol. The lowest BCUT2D eigenvalue weighted by Gasteiger charge is -2.26. The van der Waals surface area contributed by atoms with Gasteiger partial charge < -0.3 is 14.2 Å². The second-order valence-corrected chi connectivity index (χ2v) is 11.7. The third-order valence-corrected chi connectivity index (χ3v) is 8.48. The number of carbonyl (C=O) groups is 3. The Bertz CT molecular complexity index is 1280. The second-order valence-electron chi connectivity index (χ2n) is 11.1. The Balaban J connectivity index is 1.82. The molecule has 1 aliphatic rings. The standard InChI is InChI=1S/C34H42ClNO8/c1-4-5-8-12-30(43-23(2)37)24-14-16-25(17-15-24)33-28(11-9-6-7-10-13-32(38)42-3)29(35)22-31(33)44-34(39)26-18-20-27(21-19-26)36(40)41/h6,9,14-21,28-31,33H,4-5,7-8,10-13,22H2,1-3H3/b9-6-. The third-order valence-electron chi connectivity index (χ3n) is 7.98. The monoisotopic (exact) mass is 627 g/mol. The molecule has 1 aliphatic carbocycles. The molecule has 5 unspecified atom stereocenters. The summed E-state index contributed by atoms with van der Waals surface area (Å²) < 4.78 is 16.3. The molecule has 9 nitrogen and oxygen atoms in total. The van der Waals surface area contributed by atoms with Crippen LogP contribution in [0.2, 0.25) is 0 Å². The quantitative estimate of drug-likeness (QED) is 0.0349. The Morgan fingerprint density at radius 1 is 1.05 bits per heavy atom. The number of benzene rings is 2. The predicted molar refractivity (Wildman–Crippen MR) is 168 cm³/mol. The minimum Gasteiger partial charge on any atom is -0.469 e. The van der Waals surface area contributed by atoms with Crippen LogP contribution in [-0.4, -0.2) is 41.4 Å². The molecule has 0 amide bonds. The summed E-state index contributed by atoms with van der Waals surface area (Å²) in [5, 5.41) is 10.8. The average Bonchev–Trinajstić information content (AvgIpc) is 3.31. The van der Waals surface area contributed by atoms with Crippen molar-refractivity contribution < 1.29 is 33.5 Å². The van der Waals surface area contributed by atoms with Gasteiger partial charge in [-0.15, -0.1) is 11.6 Å². The summed E-state index contributed by atoms with van der Waals surface area (Å²) in [5.41, 5.74) is 1.97. The molecule has 5 atom stereocenters. The van der Waals surface area contributed by atoms with Crippen molar-refractivity contribution in [3.63, 3.8) is 0 Å². The van der Waals surface area contributed by atoms with Crippen LogP contribution in [0.25, 0.3) is 0 Å². The molecule has 238 valence electrons. The second kappa shape index (κ2) is 17.5. The molecule has 1 saturated carbocycles. The van der Waals surface area contributed by atoms with Gasteiger partial charge in [0.15, 0.2) is 0 Å². The molecule has 0 aromatic heterocycles. The first kappa shape index (κ1) is 34.8.